The molecule has 1 N–H and O–H groups in total. The largest absolute Gasteiger partial charge is 0.494 e. The number of hydrogen-bond acceptors (Lipinski definition) is 6. The SMILES string of the molecule is CCOc1cc(C)c(-c2nc3ccccc3c(=O)n2N=Cc2ccc(OCC(=O)Nc3ccc(C)cc3)c(Br)c2)cc1C(C)C. The molecule has 5 aromatic rings. The van der Waals surface area contributed by atoms with E-state index < -0.39 is 0 Å². The van der Waals surface area contributed by atoms with E-state index in [2.05, 4.69) is 40.2 Å². The van der Waals surface area contributed by atoms with Gasteiger partial charge in [0.1, 0.15) is 11.5 Å². The summed E-state index contributed by atoms with van der Waals surface area (Å²) >= 11 is 3.54. The number of fused-ring (bicyclic) bond motifs is 1. The maximum Gasteiger partial charge on any atom is 0.282 e. The zero-order valence-corrected chi connectivity index (χ0v) is 27.5. The Morgan fingerprint density at radius 2 is 1.76 bits per heavy atom. The van der Waals surface area contributed by atoms with Crippen molar-refractivity contribution in [1.82, 2.24) is 9.66 Å². The van der Waals surface area contributed by atoms with Gasteiger partial charge in [0, 0.05) is 11.3 Å². The van der Waals surface area contributed by atoms with E-state index in [9.17, 15) is 9.59 Å². The van der Waals surface area contributed by atoms with E-state index >= 15 is 0 Å². The first-order valence-electron chi connectivity index (χ1n) is 14.8. The first-order valence-corrected chi connectivity index (χ1v) is 15.6. The maximum atomic E-state index is 13.8. The average molecular weight is 668 g/mol. The third-order valence-electron chi connectivity index (χ3n) is 7.25. The highest BCUT2D eigenvalue weighted by molar-refractivity contribution is 9.10. The Hall–Kier alpha value is -4.76. The molecule has 0 aliphatic carbocycles. The average Bonchev–Trinajstić information content (AvgIpc) is 3.01. The van der Waals surface area contributed by atoms with Crippen LogP contribution in [0.25, 0.3) is 22.3 Å². The molecule has 0 radical (unpaired) electrons. The van der Waals surface area contributed by atoms with Gasteiger partial charge in [0.2, 0.25) is 0 Å². The third kappa shape index (κ3) is 7.32. The monoisotopic (exact) mass is 666 g/mol. The van der Waals surface area contributed by atoms with Crippen LogP contribution in [0.4, 0.5) is 5.69 Å². The minimum atomic E-state index is -0.273. The predicted octanol–water partition coefficient (Wildman–Crippen LogP) is 7.86. The van der Waals surface area contributed by atoms with E-state index in [0.29, 0.717) is 39.2 Å². The number of hydrogen-bond donors (Lipinski definition) is 1. The Balaban J connectivity index is 1.45. The van der Waals surface area contributed by atoms with E-state index in [4.69, 9.17) is 14.5 Å². The molecule has 0 saturated carbocycles. The summed E-state index contributed by atoms with van der Waals surface area (Å²) in [6, 6.07) is 24.2. The third-order valence-corrected chi connectivity index (χ3v) is 7.87. The number of aromatic nitrogens is 2. The summed E-state index contributed by atoms with van der Waals surface area (Å²) in [5.41, 5.74) is 5.61. The smallest absolute Gasteiger partial charge is 0.282 e. The standard InChI is InChI=1S/C36H35BrN4O4/c1-6-44-33-17-24(5)29(19-28(33)22(2)3)35-40-31-10-8-7-9-27(31)36(43)41(35)38-20-25-13-16-32(30(37)18-25)45-21-34(42)39-26-14-11-23(4)12-15-26/h7-20,22H,6,21H2,1-5H3,(H,39,42). The quantitative estimate of drug-likeness (QED) is 0.153. The van der Waals surface area contributed by atoms with Gasteiger partial charge >= 0.3 is 0 Å². The van der Waals surface area contributed by atoms with Crippen LogP contribution in [0.1, 0.15) is 48.9 Å². The Morgan fingerprint density at radius 3 is 2.47 bits per heavy atom. The van der Waals surface area contributed by atoms with Crippen LogP contribution in [-0.2, 0) is 4.79 Å². The first-order chi connectivity index (χ1) is 21.6. The van der Waals surface area contributed by atoms with Gasteiger partial charge in [-0.1, -0.05) is 43.7 Å². The molecule has 5 rings (SSSR count). The maximum absolute atomic E-state index is 13.8. The van der Waals surface area contributed by atoms with E-state index in [1.807, 2.05) is 81.4 Å². The van der Waals surface area contributed by atoms with Crippen LogP contribution < -0.4 is 20.3 Å². The fourth-order valence-corrected chi connectivity index (χ4v) is 5.40. The van der Waals surface area contributed by atoms with Crippen molar-refractivity contribution in [2.75, 3.05) is 18.5 Å². The van der Waals surface area contributed by atoms with Gasteiger partial charge in [0.25, 0.3) is 11.5 Å². The second-order valence-corrected chi connectivity index (χ2v) is 11.9. The second kappa shape index (κ2) is 13.9. The normalized spacial score (nSPS) is 11.4. The zero-order valence-electron chi connectivity index (χ0n) is 25.9. The number of carbonyl (C=O) groups is 1. The topological polar surface area (TPSA) is 94.8 Å². The number of aryl methyl sites for hydroxylation is 2. The molecule has 45 heavy (non-hydrogen) atoms. The molecule has 8 nitrogen and oxygen atoms in total. The lowest BCUT2D eigenvalue weighted by molar-refractivity contribution is -0.118. The van der Waals surface area contributed by atoms with E-state index in [1.54, 1.807) is 24.4 Å². The highest BCUT2D eigenvalue weighted by atomic mass is 79.9. The van der Waals surface area contributed by atoms with Crippen LogP contribution in [0.5, 0.6) is 11.5 Å². The lowest BCUT2D eigenvalue weighted by Crippen LogP contribution is -2.21. The number of halogens is 1. The molecule has 1 heterocycles. The highest BCUT2D eigenvalue weighted by Crippen LogP contribution is 2.34. The number of carbonyl (C=O) groups excluding carboxylic acids is 1. The van der Waals surface area contributed by atoms with Gasteiger partial charge in [-0.05, 0) is 114 Å². The fourth-order valence-electron chi connectivity index (χ4n) is 4.89. The van der Waals surface area contributed by atoms with Crippen molar-refractivity contribution in [3.05, 3.63) is 116 Å². The van der Waals surface area contributed by atoms with Crippen LogP contribution in [0.2, 0.25) is 0 Å². The molecule has 1 amide bonds. The fraction of sp³-hybridized carbons (Fsp3) is 0.222. The molecular weight excluding hydrogens is 632 g/mol. The van der Waals surface area contributed by atoms with Gasteiger partial charge in [-0.15, -0.1) is 0 Å². The Labute approximate surface area is 270 Å². The Bertz CT molecular complexity index is 1950. The van der Waals surface area contributed by atoms with Crippen LogP contribution in [0.3, 0.4) is 0 Å². The van der Waals surface area contributed by atoms with Gasteiger partial charge in [0.05, 0.1) is 28.2 Å². The molecule has 9 heteroatoms. The summed E-state index contributed by atoms with van der Waals surface area (Å²) in [4.78, 5) is 31.1. The number of anilines is 1. The molecule has 0 fully saturated rings. The van der Waals surface area contributed by atoms with E-state index in [0.717, 1.165) is 33.6 Å². The van der Waals surface area contributed by atoms with Gasteiger partial charge < -0.3 is 14.8 Å². The van der Waals surface area contributed by atoms with Crippen molar-refractivity contribution in [2.24, 2.45) is 5.10 Å². The molecule has 0 saturated heterocycles. The van der Waals surface area contributed by atoms with Crippen LogP contribution in [-0.4, -0.2) is 35.0 Å². The molecule has 4 aromatic carbocycles. The number of para-hydroxylation sites is 1. The number of benzene rings is 4. The molecular formula is C36H35BrN4O4. The minimum absolute atomic E-state index is 0.152. The lowest BCUT2D eigenvalue weighted by atomic mass is 9.96. The highest BCUT2D eigenvalue weighted by Gasteiger charge is 2.18. The summed E-state index contributed by atoms with van der Waals surface area (Å²) in [5.74, 6) is 1.70. The van der Waals surface area contributed by atoms with Crippen molar-refractivity contribution in [2.45, 2.75) is 40.5 Å². The number of nitrogens with zero attached hydrogens (tertiary/aromatic N) is 3. The van der Waals surface area contributed by atoms with Gasteiger partial charge in [-0.2, -0.15) is 9.78 Å². The van der Waals surface area contributed by atoms with Gasteiger partial charge in [-0.25, -0.2) is 4.98 Å². The van der Waals surface area contributed by atoms with E-state index in [-0.39, 0.29) is 24.0 Å². The number of amides is 1. The summed E-state index contributed by atoms with van der Waals surface area (Å²) in [7, 11) is 0. The van der Waals surface area contributed by atoms with Crippen molar-refractivity contribution in [1.29, 1.82) is 0 Å². The molecule has 0 aliphatic heterocycles. The number of rotatable bonds is 10. The van der Waals surface area contributed by atoms with E-state index in [1.165, 1.54) is 4.68 Å². The van der Waals surface area contributed by atoms with Crippen molar-refractivity contribution < 1.29 is 14.3 Å². The zero-order chi connectivity index (χ0) is 32.1. The molecule has 0 atom stereocenters. The van der Waals surface area contributed by atoms with Crippen molar-refractivity contribution >= 4 is 44.6 Å². The van der Waals surface area contributed by atoms with Crippen molar-refractivity contribution in [3.63, 3.8) is 0 Å². The van der Waals surface area contributed by atoms with Gasteiger partial charge in [-0.3, -0.25) is 9.59 Å². The molecule has 0 spiro atoms. The molecule has 0 aliphatic rings. The molecule has 230 valence electrons. The van der Waals surface area contributed by atoms with Crippen LogP contribution >= 0.6 is 15.9 Å². The predicted molar refractivity (Wildman–Crippen MR) is 184 cm³/mol. The first kappa shape index (κ1) is 31.7. The summed E-state index contributed by atoms with van der Waals surface area (Å²) in [6.45, 7) is 10.6. The van der Waals surface area contributed by atoms with Gasteiger partial charge in [0.15, 0.2) is 12.4 Å². The summed E-state index contributed by atoms with van der Waals surface area (Å²) in [5, 5.41) is 7.93. The molecule has 0 unspecified atom stereocenters. The Morgan fingerprint density at radius 1 is 1.00 bits per heavy atom. The minimum Gasteiger partial charge on any atom is -0.494 e. The van der Waals surface area contributed by atoms with Crippen LogP contribution in [0, 0.1) is 13.8 Å². The number of ether oxygens (including phenoxy) is 2. The van der Waals surface area contributed by atoms with Crippen molar-refractivity contribution in [3.8, 4) is 22.9 Å². The molecule has 0 bridgehead atoms. The Kier molecular flexibility index (Phi) is 9.78. The summed E-state index contributed by atoms with van der Waals surface area (Å²) in [6.07, 6.45) is 1.60. The lowest BCUT2D eigenvalue weighted by Gasteiger charge is -2.18. The summed E-state index contributed by atoms with van der Waals surface area (Å²) < 4.78 is 13.7. The number of nitrogens with one attached hydrogen (secondary N) is 1. The van der Waals surface area contributed by atoms with Crippen LogP contribution in [0.15, 0.2) is 93.2 Å². The molecule has 1 aromatic heterocycles. The second-order valence-electron chi connectivity index (χ2n) is 11.0.